The summed E-state index contributed by atoms with van der Waals surface area (Å²) in [5.74, 6) is 0.0443. The molecule has 1 heterocycles. The lowest BCUT2D eigenvalue weighted by atomic mass is 10.2. The largest absolute Gasteiger partial charge is 0.281 e. The first kappa shape index (κ1) is 29.4. The van der Waals surface area contributed by atoms with E-state index < -0.39 is 25.9 Å². The van der Waals surface area contributed by atoms with E-state index in [1.807, 2.05) is 27.7 Å². The summed E-state index contributed by atoms with van der Waals surface area (Å²) in [5, 5.41) is 0. The van der Waals surface area contributed by atoms with Crippen molar-refractivity contribution < 1.29 is 21.2 Å². The lowest BCUT2D eigenvalue weighted by Crippen LogP contribution is -2.36. The fraction of sp³-hybridized carbons (Fsp3) is 0.267. The molecule has 0 spiro atoms. The van der Waals surface area contributed by atoms with E-state index in [4.69, 9.17) is 0 Å². The SMILES string of the molecule is CCCN(c1ccc(N(CCC)S(=O)(=O)c2ccc(C)cc2)n1-c1ccc(F)cc1)S(=O)(=O)c1ccc(C)cc1. The molecule has 212 valence electrons. The van der Waals surface area contributed by atoms with E-state index >= 15 is 0 Å². The van der Waals surface area contributed by atoms with Crippen molar-refractivity contribution in [1.29, 1.82) is 0 Å². The van der Waals surface area contributed by atoms with E-state index in [2.05, 4.69) is 0 Å². The van der Waals surface area contributed by atoms with Gasteiger partial charge in [-0.2, -0.15) is 0 Å². The van der Waals surface area contributed by atoms with E-state index in [1.165, 1.54) is 32.9 Å². The van der Waals surface area contributed by atoms with Crippen LogP contribution in [0.4, 0.5) is 16.0 Å². The molecule has 0 atom stereocenters. The van der Waals surface area contributed by atoms with Gasteiger partial charge in [-0.05, 0) is 87.4 Å². The first-order valence-electron chi connectivity index (χ1n) is 13.2. The van der Waals surface area contributed by atoms with E-state index in [9.17, 15) is 21.2 Å². The van der Waals surface area contributed by atoms with Crippen LogP contribution in [0.15, 0.2) is 94.7 Å². The van der Waals surface area contributed by atoms with Gasteiger partial charge in [-0.3, -0.25) is 13.2 Å². The van der Waals surface area contributed by atoms with Crippen LogP contribution >= 0.6 is 0 Å². The summed E-state index contributed by atoms with van der Waals surface area (Å²) >= 11 is 0. The van der Waals surface area contributed by atoms with Gasteiger partial charge in [0.2, 0.25) is 0 Å². The summed E-state index contributed by atoms with van der Waals surface area (Å²) in [7, 11) is -8.04. The molecule has 40 heavy (non-hydrogen) atoms. The lowest BCUT2D eigenvalue weighted by molar-refractivity contribution is 0.589. The van der Waals surface area contributed by atoms with Gasteiger partial charge in [0, 0.05) is 18.8 Å². The minimum absolute atomic E-state index is 0.123. The number of halogens is 1. The van der Waals surface area contributed by atoms with Crippen LogP contribution in [0.5, 0.6) is 0 Å². The molecule has 0 N–H and O–H groups in total. The zero-order valence-electron chi connectivity index (χ0n) is 23.1. The van der Waals surface area contributed by atoms with Crippen molar-refractivity contribution in [2.45, 2.75) is 50.3 Å². The van der Waals surface area contributed by atoms with Crippen LogP contribution in [0, 0.1) is 19.7 Å². The molecule has 0 amide bonds. The van der Waals surface area contributed by atoms with Gasteiger partial charge in [-0.25, -0.2) is 21.2 Å². The average Bonchev–Trinajstić information content (AvgIpc) is 3.35. The number of hydrogen-bond acceptors (Lipinski definition) is 4. The van der Waals surface area contributed by atoms with Crippen molar-refractivity contribution in [3.63, 3.8) is 0 Å². The van der Waals surface area contributed by atoms with Crippen molar-refractivity contribution >= 4 is 31.7 Å². The van der Waals surface area contributed by atoms with Crippen LogP contribution in [0.2, 0.25) is 0 Å². The van der Waals surface area contributed by atoms with Crippen LogP contribution < -0.4 is 8.61 Å². The molecule has 4 aromatic rings. The van der Waals surface area contributed by atoms with Gasteiger partial charge in [0.25, 0.3) is 20.0 Å². The second-order valence-electron chi connectivity index (χ2n) is 9.64. The molecule has 0 unspecified atom stereocenters. The summed E-state index contributed by atoms with van der Waals surface area (Å²) in [6.07, 6.45) is 1.02. The number of aryl methyl sites for hydroxylation is 2. The van der Waals surface area contributed by atoms with Gasteiger partial charge in [-0.1, -0.05) is 49.2 Å². The molecule has 4 rings (SSSR count). The van der Waals surface area contributed by atoms with Gasteiger partial charge in [-0.15, -0.1) is 0 Å². The van der Waals surface area contributed by atoms with Crippen LogP contribution in [-0.4, -0.2) is 34.5 Å². The molecule has 0 saturated heterocycles. The number of aromatic nitrogens is 1. The van der Waals surface area contributed by atoms with E-state index in [0.29, 0.717) is 18.5 Å². The predicted octanol–water partition coefficient (Wildman–Crippen LogP) is 6.44. The Labute approximate surface area is 236 Å². The quantitative estimate of drug-likeness (QED) is 0.203. The monoisotopic (exact) mass is 583 g/mol. The maximum absolute atomic E-state index is 14.0. The molecule has 0 fully saturated rings. The molecular formula is C30H34FN3O4S2. The van der Waals surface area contributed by atoms with Crippen LogP contribution in [-0.2, 0) is 20.0 Å². The van der Waals surface area contributed by atoms with Gasteiger partial charge in [0.05, 0.1) is 9.79 Å². The second kappa shape index (κ2) is 11.9. The summed E-state index contributed by atoms with van der Waals surface area (Å²) in [6.45, 7) is 7.80. The van der Waals surface area contributed by atoms with Gasteiger partial charge in [0.15, 0.2) is 0 Å². The molecule has 1 aromatic heterocycles. The van der Waals surface area contributed by atoms with Crippen molar-refractivity contribution in [1.82, 2.24) is 4.57 Å². The smallest absolute Gasteiger partial charge is 0.265 e. The third kappa shape index (κ3) is 5.78. The highest BCUT2D eigenvalue weighted by Gasteiger charge is 2.32. The second-order valence-corrected chi connectivity index (χ2v) is 13.4. The summed E-state index contributed by atoms with van der Waals surface area (Å²) in [5.41, 5.74) is 2.28. The Bertz CT molecular complexity index is 1560. The molecule has 0 aliphatic carbocycles. The number of rotatable bonds is 11. The highest BCUT2D eigenvalue weighted by atomic mass is 32.2. The zero-order chi connectivity index (χ0) is 29.1. The van der Waals surface area contributed by atoms with Crippen LogP contribution in [0.1, 0.15) is 37.8 Å². The Morgan fingerprint density at radius 1 is 0.600 bits per heavy atom. The molecule has 7 nitrogen and oxygen atoms in total. The molecule has 0 aliphatic heterocycles. The Hall–Kier alpha value is -3.63. The van der Waals surface area contributed by atoms with Crippen molar-refractivity contribution in [3.05, 3.63) is 102 Å². The highest BCUT2D eigenvalue weighted by molar-refractivity contribution is 7.93. The number of anilines is 2. The lowest BCUT2D eigenvalue weighted by Gasteiger charge is -2.29. The van der Waals surface area contributed by atoms with E-state index in [1.54, 1.807) is 65.2 Å². The number of nitrogens with zero attached hydrogens (tertiary/aromatic N) is 3. The first-order chi connectivity index (χ1) is 19.0. The molecule has 0 aliphatic rings. The Morgan fingerprint density at radius 2 is 0.975 bits per heavy atom. The normalized spacial score (nSPS) is 11.9. The molecular weight excluding hydrogens is 549 g/mol. The topological polar surface area (TPSA) is 79.7 Å². The van der Waals surface area contributed by atoms with Crippen LogP contribution in [0.3, 0.4) is 0 Å². The Kier molecular flexibility index (Phi) is 8.70. The van der Waals surface area contributed by atoms with Crippen molar-refractivity contribution in [2.24, 2.45) is 0 Å². The summed E-state index contributed by atoms with van der Waals surface area (Å²) < 4.78 is 73.9. The third-order valence-corrected chi connectivity index (χ3v) is 10.1. The average molecular weight is 584 g/mol. The number of benzene rings is 3. The first-order valence-corrected chi connectivity index (χ1v) is 16.0. The minimum Gasteiger partial charge on any atom is -0.281 e. The standard InChI is InChI=1S/C30H34FN3O4S2/c1-5-21-32(39(35,36)27-15-7-23(3)8-16-27)29-19-20-30(34(29)26-13-11-25(31)12-14-26)33(22-6-2)40(37,38)28-17-9-24(4)10-18-28/h7-20H,5-6,21-22H2,1-4H3. The van der Waals surface area contributed by atoms with Gasteiger partial charge >= 0.3 is 0 Å². The summed E-state index contributed by atoms with van der Waals surface area (Å²) in [4.78, 5) is 0.246. The number of sulfonamides is 2. The van der Waals surface area contributed by atoms with E-state index in [0.717, 1.165) is 11.1 Å². The molecule has 0 saturated carbocycles. The maximum Gasteiger partial charge on any atom is 0.265 e. The fourth-order valence-corrected chi connectivity index (χ4v) is 7.55. The highest BCUT2D eigenvalue weighted by Crippen LogP contribution is 2.36. The van der Waals surface area contributed by atoms with Gasteiger partial charge < -0.3 is 0 Å². The summed E-state index contributed by atoms with van der Waals surface area (Å²) in [6, 6.07) is 21.9. The van der Waals surface area contributed by atoms with Crippen LogP contribution in [0.25, 0.3) is 5.69 Å². The van der Waals surface area contributed by atoms with E-state index in [-0.39, 0.29) is 34.5 Å². The molecule has 3 aromatic carbocycles. The van der Waals surface area contributed by atoms with Crippen molar-refractivity contribution in [2.75, 3.05) is 21.7 Å². The maximum atomic E-state index is 14.0. The molecule has 10 heteroatoms. The Balaban J connectivity index is 1.97. The minimum atomic E-state index is -4.02. The third-order valence-electron chi connectivity index (χ3n) is 6.51. The predicted molar refractivity (Wildman–Crippen MR) is 158 cm³/mol. The molecule has 0 bridgehead atoms. The Morgan fingerprint density at radius 3 is 1.32 bits per heavy atom. The molecule has 0 radical (unpaired) electrons. The van der Waals surface area contributed by atoms with Crippen molar-refractivity contribution in [3.8, 4) is 5.69 Å². The zero-order valence-corrected chi connectivity index (χ0v) is 24.7. The van der Waals surface area contributed by atoms with Gasteiger partial charge in [0.1, 0.15) is 17.5 Å². The number of hydrogen-bond donors (Lipinski definition) is 0. The fourth-order valence-electron chi connectivity index (χ4n) is 4.46.